The van der Waals surface area contributed by atoms with Crippen LogP contribution in [0.25, 0.3) is 0 Å². The molecule has 4 rings (SSSR count). The second-order valence-corrected chi connectivity index (χ2v) is 8.25. The first kappa shape index (κ1) is 20.9. The quantitative estimate of drug-likeness (QED) is 0.477. The highest BCUT2D eigenvalue weighted by atomic mass is 32.1. The number of amides is 2. The van der Waals surface area contributed by atoms with E-state index in [2.05, 4.69) is 20.9 Å². The first-order valence-electron chi connectivity index (χ1n) is 10.1. The molecule has 2 amide bonds. The molecule has 8 heteroatoms. The maximum Gasteiger partial charge on any atom is 0.271 e. The number of carbonyl (C=O) groups excluding carboxylic acids is 2. The summed E-state index contributed by atoms with van der Waals surface area (Å²) in [5.74, 6) is 0.191. The predicted molar refractivity (Wildman–Crippen MR) is 121 cm³/mol. The van der Waals surface area contributed by atoms with E-state index in [1.807, 2.05) is 54.6 Å². The van der Waals surface area contributed by atoms with Gasteiger partial charge >= 0.3 is 0 Å². The van der Waals surface area contributed by atoms with Crippen LogP contribution in [-0.2, 0) is 11.2 Å². The zero-order valence-corrected chi connectivity index (χ0v) is 17.9. The van der Waals surface area contributed by atoms with E-state index < -0.39 is 6.04 Å². The Morgan fingerprint density at radius 3 is 2.71 bits per heavy atom. The maximum atomic E-state index is 12.8. The number of thiazole rings is 1. The standard InChI is InChI=1S/C23H24N4O3S/c1-30-18-9-5-8-17(13-18)25-23-27-20(14-31-23)22(29)26-19(21(28)24-16-10-11-16)12-15-6-3-2-4-7-15/h2-9,13-14,16,19H,10-12H2,1H3,(H,24,28)(H,25,27)(H,26,29). The molecule has 1 aromatic heterocycles. The molecule has 160 valence electrons. The molecule has 0 saturated heterocycles. The summed E-state index contributed by atoms with van der Waals surface area (Å²) in [4.78, 5) is 29.9. The van der Waals surface area contributed by atoms with E-state index in [0.717, 1.165) is 29.8 Å². The summed E-state index contributed by atoms with van der Waals surface area (Å²) >= 11 is 1.32. The number of nitrogens with zero attached hydrogens (tertiary/aromatic N) is 1. The fourth-order valence-electron chi connectivity index (χ4n) is 3.08. The van der Waals surface area contributed by atoms with E-state index in [1.165, 1.54) is 11.3 Å². The fraction of sp³-hybridized carbons (Fsp3) is 0.261. The van der Waals surface area contributed by atoms with Gasteiger partial charge in [0.2, 0.25) is 5.91 Å². The van der Waals surface area contributed by atoms with Gasteiger partial charge in [0.15, 0.2) is 5.13 Å². The molecule has 31 heavy (non-hydrogen) atoms. The van der Waals surface area contributed by atoms with E-state index in [-0.39, 0.29) is 23.6 Å². The summed E-state index contributed by atoms with van der Waals surface area (Å²) in [5.41, 5.74) is 2.07. The maximum absolute atomic E-state index is 12.8. The van der Waals surface area contributed by atoms with Crippen molar-refractivity contribution in [2.24, 2.45) is 0 Å². The molecular formula is C23H24N4O3S. The van der Waals surface area contributed by atoms with Gasteiger partial charge < -0.3 is 20.7 Å². The van der Waals surface area contributed by atoms with Gasteiger partial charge in [-0.05, 0) is 30.5 Å². The predicted octanol–water partition coefficient (Wildman–Crippen LogP) is 3.52. The number of aromatic nitrogens is 1. The zero-order chi connectivity index (χ0) is 21.6. The van der Waals surface area contributed by atoms with Crippen molar-refractivity contribution in [2.75, 3.05) is 12.4 Å². The molecule has 1 heterocycles. The Labute approximate surface area is 184 Å². The second-order valence-electron chi connectivity index (χ2n) is 7.39. The number of anilines is 2. The van der Waals surface area contributed by atoms with Gasteiger partial charge in [0, 0.05) is 29.6 Å². The van der Waals surface area contributed by atoms with Gasteiger partial charge in [-0.15, -0.1) is 11.3 Å². The molecule has 2 aromatic carbocycles. The lowest BCUT2D eigenvalue weighted by molar-refractivity contribution is -0.123. The van der Waals surface area contributed by atoms with Crippen molar-refractivity contribution in [3.05, 3.63) is 71.2 Å². The van der Waals surface area contributed by atoms with Gasteiger partial charge in [0.05, 0.1) is 7.11 Å². The highest BCUT2D eigenvalue weighted by Crippen LogP contribution is 2.24. The third-order valence-corrected chi connectivity index (χ3v) is 5.64. The molecule has 3 N–H and O–H groups in total. The summed E-state index contributed by atoms with van der Waals surface area (Å²) in [6, 6.07) is 16.7. The molecule has 0 radical (unpaired) electrons. The highest BCUT2D eigenvalue weighted by molar-refractivity contribution is 7.14. The molecule has 0 aliphatic heterocycles. The van der Waals surface area contributed by atoms with Crippen LogP contribution in [0.1, 0.15) is 28.9 Å². The number of hydrogen-bond donors (Lipinski definition) is 3. The average Bonchev–Trinajstić information content (AvgIpc) is 3.48. The zero-order valence-electron chi connectivity index (χ0n) is 17.1. The minimum Gasteiger partial charge on any atom is -0.497 e. The van der Waals surface area contributed by atoms with Crippen LogP contribution in [0, 0.1) is 0 Å². The number of benzene rings is 2. The Balaban J connectivity index is 1.43. The van der Waals surface area contributed by atoms with Crippen LogP contribution in [-0.4, -0.2) is 36.0 Å². The molecule has 0 bridgehead atoms. The van der Waals surface area contributed by atoms with Gasteiger partial charge in [-0.25, -0.2) is 4.98 Å². The lowest BCUT2D eigenvalue weighted by Gasteiger charge is -2.18. The molecule has 1 fully saturated rings. The first-order valence-corrected chi connectivity index (χ1v) is 11.0. The molecule has 1 aliphatic rings. The second kappa shape index (κ2) is 9.61. The third kappa shape index (κ3) is 5.82. The fourth-order valence-corrected chi connectivity index (χ4v) is 3.79. The van der Waals surface area contributed by atoms with Crippen molar-refractivity contribution in [3.8, 4) is 5.75 Å². The van der Waals surface area contributed by atoms with E-state index in [4.69, 9.17) is 4.74 Å². The van der Waals surface area contributed by atoms with Crippen LogP contribution in [0.2, 0.25) is 0 Å². The van der Waals surface area contributed by atoms with Crippen LogP contribution in [0.4, 0.5) is 10.8 Å². The van der Waals surface area contributed by atoms with Crippen LogP contribution < -0.4 is 20.7 Å². The average molecular weight is 437 g/mol. The molecule has 1 saturated carbocycles. The van der Waals surface area contributed by atoms with Crippen molar-refractivity contribution in [3.63, 3.8) is 0 Å². The largest absolute Gasteiger partial charge is 0.497 e. The van der Waals surface area contributed by atoms with E-state index in [9.17, 15) is 9.59 Å². The van der Waals surface area contributed by atoms with E-state index in [1.54, 1.807) is 12.5 Å². The van der Waals surface area contributed by atoms with Gasteiger partial charge in [-0.3, -0.25) is 9.59 Å². The van der Waals surface area contributed by atoms with Crippen molar-refractivity contribution in [2.45, 2.75) is 31.3 Å². The molecule has 1 atom stereocenters. The summed E-state index contributed by atoms with van der Waals surface area (Å²) in [7, 11) is 1.61. The Morgan fingerprint density at radius 1 is 1.16 bits per heavy atom. The minimum absolute atomic E-state index is 0.162. The SMILES string of the molecule is COc1cccc(Nc2nc(C(=O)NC(Cc3ccccc3)C(=O)NC3CC3)cs2)c1. The van der Waals surface area contributed by atoms with Crippen molar-refractivity contribution in [1.29, 1.82) is 0 Å². The normalized spacial score (nSPS) is 13.8. The van der Waals surface area contributed by atoms with Gasteiger partial charge in [-0.1, -0.05) is 36.4 Å². The Hall–Kier alpha value is -3.39. The van der Waals surface area contributed by atoms with Gasteiger partial charge in [0.1, 0.15) is 17.5 Å². The van der Waals surface area contributed by atoms with Crippen molar-refractivity contribution < 1.29 is 14.3 Å². The summed E-state index contributed by atoms with van der Waals surface area (Å²) in [6.07, 6.45) is 2.40. The van der Waals surface area contributed by atoms with Crippen LogP contribution >= 0.6 is 11.3 Å². The van der Waals surface area contributed by atoms with Crippen LogP contribution in [0.3, 0.4) is 0 Å². The van der Waals surface area contributed by atoms with Gasteiger partial charge in [0.25, 0.3) is 5.91 Å². The molecular weight excluding hydrogens is 412 g/mol. The topological polar surface area (TPSA) is 92.3 Å². The number of hydrogen-bond acceptors (Lipinski definition) is 6. The molecule has 3 aromatic rings. The van der Waals surface area contributed by atoms with Crippen molar-refractivity contribution >= 4 is 34.0 Å². The lowest BCUT2D eigenvalue weighted by Crippen LogP contribution is -2.48. The summed E-state index contributed by atoms with van der Waals surface area (Å²) in [5, 5.41) is 11.3. The summed E-state index contributed by atoms with van der Waals surface area (Å²) < 4.78 is 5.22. The Bertz CT molecular complexity index is 1050. The van der Waals surface area contributed by atoms with E-state index >= 15 is 0 Å². The van der Waals surface area contributed by atoms with Crippen molar-refractivity contribution in [1.82, 2.24) is 15.6 Å². The number of carbonyl (C=O) groups is 2. The third-order valence-electron chi connectivity index (χ3n) is 4.89. The van der Waals surface area contributed by atoms with Gasteiger partial charge in [-0.2, -0.15) is 0 Å². The summed E-state index contributed by atoms with van der Waals surface area (Å²) in [6.45, 7) is 0. The highest BCUT2D eigenvalue weighted by Gasteiger charge is 2.29. The smallest absolute Gasteiger partial charge is 0.271 e. The Morgan fingerprint density at radius 2 is 1.97 bits per heavy atom. The number of rotatable bonds is 9. The first-order chi connectivity index (χ1) is 15.1. The minimum atomic E-state index is -0.660. The molecule has 0 spiro atoms. The van der Waals surface area contributed by atoms with Crippen LogP contribution in [0.15, 0.2) is 60.0 Å². The molecule has 1 aliphatic carbocycles. The number of nitrogens with one attached hydrogen (secondary N) is 3. The number of methoxy groups -OCH3 is 1. The lowest BCUT2D eigenvalue weighted by atomic mass is 10.0. The molecule has 1 unspecified atom stereocenters. The Kier molecular flexibility index (Phi) is 6.47. The monoisotopic (exact) mass is 436 g/mol. The molecule has 7 nitrogen and oxygen atoms in total. The van der Waals surface area contributed by atoms with E-state index in [0.29, 0.717) is 11.6 Å². The van der Waals surface area contributed by atoms with Crippen LogP contribution in [0.5, 0.6) is 5.75 Å². The number of ether oxygens (including phenoxy) is 1.